The van der Waals surface area contributed by atoms with Gasteiger partial charge in [-0.25, -0.2) is 8.42 Å². The first-order chi connectivity index (χ1) is 22.5. The molecule has 1 N–H and O–H groups in total. The van der Waals surface area contributed by atoms with Crippen molar-refractivity contribution in [1.82, 2.24) is 10.2 Å². The molecule has 3 rings (SSSR count). The largest absolute Gasteiger partial charge is 0.497 e. The van der Waals surface area contributed by atoms with Crippen LogP contribution in [0.15, 0.2) is 65.6 Å². The SMILES string of the molecule is CC[C@@H](C)NC(=O)[C@@H](CC)N(Cc1cccc(OC)c1)C(=O)CN(c1cc(OC)ccc1OC)S(=O)(=O)c1ccc(OC)c(OC)c1. The van der Waals surface area contributed by atoms with Gasteiger partial charge in [-0.2, -0.15) is 0 Å². The Morgan fingerprint density at radius 2 is 1.40 bits per heavy atom. The standard InChI is InChI=1S/C34H45N3O9S/c1-9-23(3)35-34(39)28(10-2)36(21-24-12-11-13-25(18-24)42-4)33(38)22-37(29-19-26(43-5)14-16-30(29)44-6)47(40,41)27-15-17-31(45-7)32(20-27)46-8/h11-20,23,28H,9-10,21-22H2,1-8H3,(H,35,39)/t23-,28-/m1/s1. The number of benzene rings is 3. The van der Waals surface area contributed by atoms with Crippen molar-refractivity contribution in [3.05, 3.63) is 66.2 Å². The van der Waals surface area contributed by atoms with E-state index in [0.29, 0.717) is 29.2 Å². The fourth-order valence-electron chi connectivity index (χ4n) is 4.94. The van der Waals surface area contributed by atoms with Gasteiger partial charge in [-0.3, -0.25) is 13.9 Å². The first kappa shape index (κ1) is 36.8. The predicted molar refractivity (Wildman–Crippen MR) is 179 cm³/mol. The average Bonchev–Trinajstić information content (AvgIpc) is 3.09. The van der Waals surface area contributed by atoms with E-state index in [2.05, 4.69) is 5.32 Å². The molecule has 0 radical (unpaired) electrons. The Labute approximate surface area is 277 Å². The molecule has 0 aliphatic rings. The highest BCUT2D eigenvalue weighted by atomic mass is 32.2. The highest BCUT2D eigenvalue weighted by Gasteiger charge is 2.35. The lowest BCUT2D eigenvalue weighted by molar-refractivity contribution is -0.140. The molecule has 0 aliphatic carbocycles. The van der Waals surface area contributed by atoms with Gasteiger partial charge in [0.05, 0.1) is 46.1 Å². The second-order valence-electron chi connectivity index (χ2n) is 10.7. The molecule has 12 nitrogen and oxygen atoms in total. The minimum Gasteiger partial charge on any atom is -0.497 e. The Kier molecular flexibility index (Phi) is 13.1. The van der Waals surface area contributed by atoms with Crippen LogP contribution in [0.3, 0.4) is 0 Å². The molecular formula is C34H45N3O9S. The lowest BCUT2D eigenvalue weighted by Gasteiger charge is -2.34. The molecule has 0 aromatic heterocycles. The summed E-state index contributed by atoms with van der Waals surface area (Å²) in [5.41, 5.74) is 0.758. The number of ether oxygens (including phenoxy) is 5. The van der Waals surface area contributed by atoms with E-state index in [-0.39, 0.29) is 47.0 Å². The summed E-state index contributed by atoms with van der Waals surface area (Å²) in [6.45, 7) is 4.98. The molecule has 13 heteroatoms. The molecule has 2 atom stereocenters. The first-order valence-corrected chi connectivity index (χ1v) is 16.6. The van der Waals surface area contributed by atoms with E-state index in [1.807, 2.05) is 19.9 Å². The van der Waals surface area contributed by atoms with Crippen LogP contribution < -0.4 is 33.3 Å². The quantitative estimate of drug-likeness (QED) is 0.218. The maximum absolute atomic E-state index is 14.5. The molecule has 0 bridgehead atoms. The summed E-state index contributed by atoms with van der Waals surface area (Å²) in [5.74, 6) is 0.655. The minimum atomic E-state index is -4.46. The molecule has 3 aromatic rings. The van der Waals surface area contributed by atoms with Crippen LogP contribution in [0.5, 0.6) is 28.7 Å². The summed E-state index contributed by atoms with van der Waals surface area (Å²) in [4.78, 5) is 29.3. The number of carbonyl (C=O) groups is 2. The number of hydrogen-bond donors (Lipinski definition) is 1. The highest BCUT2D eigenvalue weighted by molar-refractivity contribution is 7.92. The van der Waals surface area contributed by atoms with Gasteiger partial charge in [0.1, 0.15) is 29.8 Å². The number of nitrogens with one attached hydrogen (secondary N) is 1. The van der Waals surface area contributed by atoms with Crippen LogP contribution in [0.2, 0.25) is 0 Å². The number of hydrogen-bond acceptors (Lipinski definition) is 9. The number of amides is 2. The van der Waals surface area contributed by atoms with Gasteiger partial charge in [0.2, 0.25) is 11.8 Å². The van der Waals surface area contributed by atoms with E-state index in [9.17, 15) is 18.0 Å². The maximum atomic E-state index is 14.5. The Hall–Kier alpha value is -4.65. The van der Waals surface area contributed by atoms with E-state index >= 15 is 0 Å². The molecular weight excluding hydrogens is 626 g/mol. The third kappa shape index (κ3) is 8.79. The minimum absolute atomic E-state index is 0.0158. The van der Waals surface area contributed by atoms with Crippen molar-refractivity contribution in [3.63, 3.8) is 0 Å². The maximum Gasteiger partial charge on any atom is 0.265 e. The molecule has 3 aromatic carbocycles. The third-order valence-electron chi connectivity index (χ3n) is 7.75. The van der Waals surface area contributed by atoms with Gasteiger partial charge in [0.25, 0.3) is 10.0 Å². The summed E-state index contributed by atoms with van der Waals surface area (Å²) in [6.07, 6.45) is 0.974. The second-order valence-corrected chi connectivity index (χ2v) is 12.5. The van der Waals surface area contributed by atoms with Crippen LogP contribution in [0.1, 0.15) is 39.2 Å². The zero-order valence-corrected chi connectivity index (χ0v) is 29.1. The molecule has 0 unspecified atom stereocenters. The molecule has 2 amide bonds. The molecule has 0 spiro atoms. The lowest BCUT2D eigenvalue weighted by atomic mass is 10.1. The van der Waals surface area contributed by atoms with Crippen LogP contribution >= 0.6 is 0 Å². The molecule has 0 saturated carbocycles. The number of rotatable bonds is 17. The first-order valence-electron chi connectivity index (χ1n) is 15.2. The van der Waals surface area contributed by atoms with Crippen molar-refractivity contribution >= 4 is 27.5 Å². The van der Waals surface area contributed by atoms with Crippen LogP contribution in [0.4, 0.5) is 5.69 Å². The number of sulfonamides is 1. The Bertz CT molecular complexity index is 1630. The van der Waals surface area contributed by atoms with Crippen LogP contribution in [0.25, 0.3) is 0 Å². The second kappa shape index (κ2) is 16.8. The summed E-state index contributed by atoms with van der Waals surface area (Å²) < 4.78 is 57.0. The van der Waals surface area contributed by atoms with Crippen molar-refractivity contribution < 1.29 is 41.7 Å². The normalized spacial score (nSPS) is 12.3. The lowest BCUT2D eigenvalue weighted by Crippen LogP contribution is -2.53. The van der Waals surface area contributed by atoms with Gasteiger partial charge in [0, 0.05) is 24.7 Å². The summed E-state index contributed by atoms with van der Waals surface area (Å²) in [6, 6.07) is 14.9. The van der Waals surface area contributed by atoms with E-state index in [0.717, 1.165) is 4.31 Å². The number of nitrogens with zero attached hydrogens (tertiary/aromatic N) is 2. The summed E-state index contributed by atoms with van der Waals surface area (Å²) in [5, 5.41) is 2.97. The molecule has 47 heavy (non-hydrogen) atoms. The van der Waals surface area contributed by atoms with Gasteiger partial charge >= 0.3 is 0 Å². The van der Waals surface area contributed by atoms with Crippen molar-refractivity contribution in [3.8, 4) is 28.7 Å². The van der Waals surface area contributed by atoms with E-state index in [4.69, 9.17) is 23.7 Å². The topological polar surface area (TPSA) is 133 Å². The Balaban J connectivity index is 2.21. The van der Waals surface area contributed by atoms with Gasteiger partial charge in [0.15, 0.2) is 11.5 Å². The van der Waals surface area contributed by atoms with Gasteiger partial charge in [-0.1, -0.05) is 26.0 Å². The third-order valence-corrected chi connectivity index (χ3v) is 9.51. The highest BCUT2D eigenvalue weighted by Crippen LogP contribution is 2.38. The molecule has 256 valence electrons. The molecule has 0 fully saturated rings. The van der Waals surface area contributed by atoms with Crippen LogP contribution in [-0.2, 0) is 26.2 Å². The fourth-order valence-corrected chi connectivity index (χ4v) is 6.37. The summed E-state index contributed by atoms with van der Waals surface area (Å²) >= 11 is 0. The van der Waals surface area contributed by atoms with E-state index in [1.165, 1.54) is 64.7 Å². The van der Waals surface area contributed by atoms with Crippen molar-refractivity contribution in [2.24, 2.45) is 0 Å². The zero-order chi connectivity index (χ0) is 34.7. The molecule has 0 heterocycles. The van der Waals surface area contributed by atoms with Crippen molar-refractivity contribution in [2.75, 3.05) is 46.4 Å². The van der Waals surface area contributed by atoms with Crippen molar-refractivity contribution in [2.45, 2.75) is 57.1 Å². The van der Waals surface area contributed by atoms with Crippen LogP contribution in [0, 0.1) is 0 Å². The average molecular weight is 672 g/mol. The van der Waals surface area contributed by atoms with E-state index in [1.54, 1.807) is 37.3 Å². The summed E-state index contributed by atoms with van der Waals surface area (Å²) in [7, 11) is 2.75. The molecule has 0 saturated heterocycles. The van der Waals surface area contributed by atoms with Gasteiger partial charge < -0.3 is 33.9 Å². The van der Waals surface area contributed by atoms with Crippen LogP contribution in [-0.4, -0.2) is 79.3 Å². The number of methoxy groups -OCH3 is 5. The smallest absolute Gasteiger partial charge is 0.265 e. The Morgan fingerprint density at radius 1 is 0.766 bits per heavy atom. The fraction of sp³-hybridized carbons (Fsp3) is 0.412. The number of anilines is 1. The molecule has 0 aliphatic heterocycles. The van der Waals surface area contributed by atoms with Crippen molar-refractivity contribution in [1.29, 1.82) is 0 Å². The van der Waals surface area contributed by atoms with Gasteiger partial charge in [-0.15, -0.1) is 0 Å². The zero-order valence-electron chi connectivity index (χ0n) is 28.2. The van der Waals surface area contributed by atoms with Gasteiger partial charge in [-0.05, 0) is 61.7 Å². The Morgan fingerprint density at radius 3 is 2.00 bits per heavy atom. The number of carbonyl (C=O) groups excluding carboxylic acids is 2. The monoisotopic (exact) mass is 671 g/mol. The van der Waals surface area contributed by atoms with E-state index < -0.39 is 28.5 Å². The predicted octanol–water partition coefficient (Wildman–Crippen LogP) is 4.65.